The number of carbonyl (C=O) groups is 1. The van der Waals surface area contributed by atoms with Crippen LogP contribution in [0.1, 0.15) is 10.4 Å². The number of benzene rings is 1. The number of aromatic carboxylic acids is 1. The molecule has 25 heavy (non-hydrogen) atoms. The zero-order valence-corrected chi connectivity index (χ0v) is 15.6. The van der Waals surface area contributed by atoms with E-state index in [9.17, 15) is 19.1 Å². The average Bonchev–Trinajstić information content (AvgIpc) is 2.52. The maximum absolute atomic E-state index is 14.0. The van der Waals surface area contributed by atoms with Gasteiger partial charge in [0, 0.05) is 26.4 Å². The summed E-state index contributed by atoms with van der Waals surface area (Å²) in [5, 5.41) is 9.27. The molecule has 0 aliphatic rings. The molecule has 0 unspecified atom stereocenters. The molecule has 1 heterocycles. The fourth-order valence-electron chi connectivity index (χ4n) is 2.26. The fourth-order valence-corrected chi connectivity index (χ4v) is 3.02. The maximum atomic E-state index is 14.0. The number of rotatable bonds is 7. The molecule has 1 aromatic heterocycles. The van der Waals surface area contributed by atoms with Crippen molar-refractivity contribution in [2.75, 3.05) is 6.61 Å². The van der Waals surface area contributed by atoms with Crippen molar-refractivity contribution >= 4 is 14.0 Å². The Hall–Kier alpha value is -2.25. The molecule has 0 saturated carbocycles. The minimum absolute atomic E-state index is 0.00629. The molecule has 0 aliphatic heterocycles. The first-order valence-corrected chi connectivity index (χ1v) is 11.7. The topological polar surface area (TPSA) is 68.5 Å². The van der Waals surface area contributed by atoms with Crippen LogP contribution in [0.15, 0.2) is 41.3 Å². The molecule has 1 N–H and O–H groups in total. The minimum Gasteiger partial charge on any atom is -0.478 e. The van der Waals surface area contributed by atoms with E-state index in [-0.39, 0.29) is 23.4 Å². The molecule has 134 valence electrons. The van der Waals surface area contributed by atoms with Crippen molar-refractivity contribution in [2.45, 2.75) is 32.4 Å². The highest BCUT2D eigenvalue weighted by Crippen LogP contribution is 2.20. The van der Waals surface area contributed by atoms with Gasteiger partial charge in [-0.3, -0.25) is 9.36 Å². The third-order valence-electron chi connectivity index (χ3n) is 3.72. The third kappa shape index (κ3) is 5.11. The van der Waals surface area contributed by atoms with Gasteiger partial charge in [-0.2, -0.15) is 0 Å². The summed E-state index contributed by atoms with van der Waals surface area (Å²) in [5.74, 6) is -1.76. The molecule has 0 bridgehead atoms. The third-order valence-corrected chi connectivity index (χ3v) is 5.43. The highest BCUT2D eigenvalue weighted by molar-refractivity contribution is 6.76. The summed E-state index contributed by atoms with van der Waals surface area (Å²) in [6.07, 6.45) is 1.23. The number of carboxylic acids is 1. The Morgan fingerprint density at radius 2 is 1.92 bits per heavy atom. The smallest absolute Gasteiger partial charge is 0.337 e. The molecule has 0 spiro atoms. The lowest BCUT2D eigenvalue weighted by Crippen LogP contribution is -2.26. The van der Waals surface area contributed by atoms with Crippen LogP contribution in [0.2, 0.25) is 25.7 Å². The molecule has 0 atom stereocenters. The second-order valence-electron chi connectivity index (χ2n) is 7.05. The quantitative estimate of drug-likeness (QED) is 0.602. The van der Waals surface area contributed by atoms with Crippen molar-refractivity contribution in [3.63, 3.8) is 0 Å². The van der Waals surface area contributed by atoms with Crippen LogP contribution in [0.3, 0.4) is 0 Å². The van der Waals surface area contributed by atoms with Crippen LogP contribution in [-0.4, -0.2) is 30.3 Å². The Balaban J connectivity index is 2.35. The molecular formula is C18H22FNO4Si. The van der Waals surface area contributed by atoms with Crippen LogP contribution in [0.25, 0.3) is 11.1 Å². The number of carboxylic acid groups (broad SMARTS) is 1. The molecule has 2 rings (SSSR count). The van der Waals surface area contributed by atoms with Gasteiger partial charge in [0.05, 0.1) is 11.1 Å². The van der Waals surface area contributed by atoms with Crippen LogP contribution < -0.4 is 5.56 Å². The zero-order valence-electron chi connectivity index (χ0n) is 14.6. The molecule has 1 aromatic carbocycles. The first kappa shape index (κ1) is 19.1. The van der Waals surface area contributed by atoms with Gasteiger partial charge in [-0.05, 0) is 18.2 Å². The SMILES string of the molecule is C[Si](C)(C)CCOCn1cc(C(=O)O)cc(-c2ccccc2F)c1=O. The average molecular weight is 363 g/mol. The number of aromatic nitrogens is 1. The zero-order chi connectivity index (χ0) is 18.6. The van der Waals surface area contributed by atoms with E-state index in [4.69, 9.17) is 4.74 Å². The second kappa shape index (κ2) is 7.75. The van der Waals surface area contributed by atoms with Gasteiger partial charge in [-0.15, -0.1) is 0 Å². The normalized spacial score (nSPS) is 11.5. The lowest BCUT2D eigenvalue weighted by Gasteiger charge is -2.16. The van der Waals surface area contributed by atoms with Crippen molar-refractivity contribution in [2.24, 2.45) is 0 Å². The van der Waals surface area contributed by atoms with Crippen molar-refractivity contribution < 1.29 is 19.0 Å². The van der Waals surface area contributed by atoms with Gasteiger partial charge in [-0.1, -0.05) is 37.8 Å². The van der Waals surface area contributed by atoms with Gasteiger partial charge in [0.15, 0.2) is 0 Å². The van der Waals surface area contributed by atoms with Crippen molar-refractivity contribution in [1.82, 2.24) is 4.57 Å². The summed E-state index contributed by atoms with van der Waals surface area (Å²) in [6.45, 7) is 7.07. The lowest BCUT2D eigenvalue weighted by molar-refractivity contribution is 0.0688. The number of hydrogen-bond donors (Lipinski definition) is 1. The van der Waals surface area contributed by atoms with Gasteiger partial charge in [0.2, 0.25) is 0 Å². The summed E-state index contributed by atoms with van der Waals surface area (Å²) in [5.41, 5.74) is -0.493. The first-order chi connectivity index (χ1) is 11.7. The molecule has 7 heteroatoms. The monoisotopic (exact) mass is 363 g/mol. The van der Waals surface area contributed by atoms with Crippen molar-refractivity contribution in [3.8, 4) is 11.1 Å². The van der Waals surface area contributed by atoms with Gasteiger partial charge in [0.1, 0.15) is 12.5 Å². The van der Waals surface area contributed by atoms with Gasteiger partial charge in [-0.25, -0.2) is 9.18 Å². The van der Waals surface area contributed by atoms with Crippen molar-refractivity contribution in [3.05, 3.63) is 58.3 Å². The fraction of sp³-hybridized carbons (Fsp3) is 0.333. The van der Waals surface area contributed by atoms with E-state index in [2.05, 4.69) is 19.6 Å². The molecular weight excluding hydrogens is 341 g/mol. The second-order valence-corrected chi connectivity index (χ2v) is 12.7. The molecule has 0 aliphatic carbocycles. The van der Waals surface area contributed by atoms with E-state index < -0.39 is 25.4 Å². The highest BCUT2D eigenvalue weighted by atomic mass is 28.3. The molecule has 0 fully saturated rings. The maximum Gasteiger partial charge on any atom is 0.337 e. The van der Waals surface area contributed by atoms with Gasteiger partial charge < -0.3 is 9.84 Å². The molecule has 0 amide bonds. The lowest BCUT2D eigenvalue weighted by atomic mass is 10.0. The first-order valence-electron chi connectivity index (χ1n) is 7.99. The van der Waals surface area contributed by atoms with Gasteiger partial charge >= 0.3 is 5.97 Å². The van der Waals surface area contributed by atoms with E-state index in [0.29, 0.717) is 6.61 Å². The minimum atomic E-state index is -1.26. The van der Waals surface area contributed by atoms with Crippen molar-refractivity contribution in [1.29, 1.82) is 0 Å². The standard InChI is InChI=1S/C18H22FNO4Si/c1-25(2,3)9-8-24-12-20-11-13(18(22)23)10-15(17(20)21)14-6-4-5-7-16(14)19/h4-7,10-11H,8-9,12H2,1-3H3,(H,22,23). The summed E-state index contributed by atoms with van der Waals surface area (Å²) in [4.78, 5) is 24.0. The van der Waals surface area contributed by atoms with Crippen LogP contribution in [0, 0.1) is 5.82 Å². The Morgan fingerprint density at radius 3 is 2.52 bits per heavy atom. The largest absolute Gasteiger partial charge is 0.478 e. The van der Waals surface area contributed by atoms with Gasteiger partial charge in [0.25, 0.3) is 5.56 Å². The Bertz CT molecular complexity index is 827. The van der Waals surface area contributed by atoms with Crippen LogP contribution in [-0.2, 0) is 11.5 Å². The number of pyridine rings is 1. The Labute approximate surface area is 146 Å². The van der Waals surface area contributed by atoms with Crippen LogP contribution in [0.4, 0.5) is 4.39 Å². The predicted molar refractivity (Wildman–Crippen MR) is 97.2 cm³/mol. The van der Waals surface area contributed by atoms with Crippen LogP contribution >= 0.6 is 0 Å². The molecule has 5 nitrogen and oxygen atoms in total. The van der Waals surface area contributed by atoms with E-state index in [1.54, 1.807) is 6.07 Å². The number of nitrogens with zero attached hydrogens (tertiary/aromatic N) is 1. The summed E-state index contributed by atoms with van der Waals surface area (Å²) in [6, 6.07) is 7.92. The number of halogens is 1. The van der Waals surface area contributed by atoms with E-state index >= 15 is 0 Å². The van der Waals surface area contributed by atoms with E-state index in [1.165, 1.54) is 35.0 Å². The summed E-state index contributed by atoms with van der Waals surface area (Å²) < 4.78 is 20.8. The Morgan fingerprint density at radius 1 is 1.24 bits per heavy atom. The number of ether oxygens (including phenoxy) is 1. The molecule has 0 saturated heterocycles. The Kier molecular flexibility index (Phi) is 5.92. The summed E-state index contributed by atoms with van der Waals surface area (Å²) >= 11 is 0. The predicted octanol–water partition coefficient (Wildman–Crippen LogP) is 3.66. The highest BCUT2D eigenvalue weighted by Gasteiger charge is 2.16. The van der Waals surface area contributed by atoms with Crippen LogP contribution in [0.5, 0.6) is 0 Å². The number of hydrogen-bond acceptors (Lipinski definition) is 3. The summed E-state index contributed by atoms with van der Waals surface area (Å²) in [7, 11) is -1.26. The van der Waals surface area contributed by atoms with E-state index in [1.807, 2.05) is 0 Å². The van der Waals surface area contributed by atoms with E-state index in [0.717, 1.165) is 6.04 Å². The molecule has 0 radical (unpaired) electrons. The molecule has 2 aromatic rings.